The normalized spacial score (nSPS) is 13.3. The van der Waals surface area contributed by atoms with Crippen molar-refractivity contribution in [1.82, 2.24) is 0 Å². The van der Waals surface area contributed by atoms with Crippen LogP contribution in [0.3, 0.4) is 0 Å². The summed E-state index contributed by atoms with van der Waals surface area (Å²) in [5.74, 6) is -0.847. The molecular formula is C18H19F3IN3O. The zero-order chi connectivity index (χ0) is 17.8. The monoisotopic (exact) mass is 477 g/mol. The molecule has 3 rings (SSSR count). The second-order valence-electron chi connectivity index (χ2n) is 5.76. The Labute approximate surface area is 166 Å². The highest BCUT2D eigenvalue weighted by atomic mass is 127. The zero-order valence-corrected chi connectivity index (χ0v) is 16.2. The van der Waals surface area contributed by atoms with Crippen LogP contribution in [0.15, 0.2) is 41.4 Å². The summed E-state index contributed by atoms with van der Waals surface area (Å²) in [7, 11) is 0. The molecule has 2 aromatic carbocycles. The summed E-state index contributed by atoms with van der Waals surface area (Å²) in [6, 6.07) is 9.69. The number of anilines is 1. The number of guanidine groups is 1. The third kappa shape index (κ3) is 5.03. The lowest BCUT2D eigenvalue weighted by Crippen LogP contribution is -2.22. The lowest BCUT2D eigenvalue weighted by molar-refractivity contribution is -0.0506. The maximum Gasteiger partial charge on any atom is 0.387 e. The lowest BCUT2D eigenvalue weighted by Gasteiger charge is -2.11. The first-order valence-electron chi connectivity index (χ1n) is 7.94. The van der Waals surface area contributed by atoms with E-state index in [0.717, 1.165) is 31.0 Å². The lowest BCUT2D eigenvalue weighted by atomic mass is 10.1. The number of halogens is 4. The quantitative estimate of drug-likeness (QED) is 0.380. The van der Waals surface area contributed by atoms with Crippen LogP contribution in [0.25, 0.3) is 0 Å². The third-order valence-corrected chi connectivity index (χ3v) is 4.07. The fraction of sp³-hybridized carbons (Fsp3) is 0.278. The first-order valence-corrected chi connectivity index (χ1v) is 7.94. The summed E-state index contributed by atoms with van der Waals surface area (Å²) >= 11 is 0. The average Bonchev–Trinajstić information content (AvgIpc) is 3.01. The largest absolute Gasteiger partial charge is 0.434 e. The van der Waals surface area contributed by atoms with Gasteiger partial charge in [0.15, 0.2) is 5.96 Å². The van der Waals surface area contributed by atoms with E-state index in [1.165, 1.54) is 23.3 Å². The summed E-state index contributed by atoms with van der Waals surface area (Å²) < 4.78 is 43.0. The number of ether oxygens (including phenoxy) is 1. The Hall–Kier alpha value is -1.97. The van der Waals surface area contributed by atoms with Gasteiger partial charge in [-0.15, -0.1) is 24.0 Å². The average molecular weight is 477 g/mol. The highest BCUT2D eigenvalue weighted by molar-refractivity contribution is 14.0. The van der Waals surface area contributed by atoms with Gasteiger partial charge in [0, 0.05) is 5.69 Å². The molecule has 0 bridgehead atoms. The van der Waals surface area contributed by atoms with Crippen molar-refractivity contribution in [2.75, 3.05) is 5.32 Å². The molecule has 0 spiro atoms. The molecule has 0 saturated carbocycles. The zero-order valence-electron chi connectivity index (χ0n) is 13.8. The number of fused-ring (bicyclic) bond motifs is 1. The minimum atomic E-state index is -3.04. The topological polar surface area (TPSA) is 59.6 Å². The maximum absolute atomic E-state index is 13.9. The molecule has 0 radical (unpaired) electrons. The molecule has 0 heterocycles. The van der Waals surface area contributed by atoms with Gasteiger partial charge in [0.05, 0.1) is 12.1 Å². The number of benzene rings is 2. The molecule has 140 valence electrons. The number of aliphatic imine (C=N–C) groups is 1. The molecule has 0 unspecified atom stereocenters. The number of nitrogens with zero attached hydrogens (tertiary/aromatic N) is 1. The van der Waals surface area contributed by atoms with Crippen LogP contribution in [0.5, 0.6) is 5.75 Å². The van der Waals surface area contributed by atoms with Gasteiger partial charge in [0.25, 0.3) is 0 Å². The highest BCUT2D eigenvalue weighted by Gasteiger charge is 2.14. The Kier molecular flexibility index (Phi) is 7.13. The summed E-state index contributed by atoms with van der Waals surface area (Å²) in [6.07, 6.45) is 3.26. The van der Waals surface area contributed by atoms with Crippen LogP contribution in [0.4, 0.5) is 18.9 Å². The van der Waals surface area contributed by atoms with Gasteiger partial charge < -0.3 is 15.8 Å². The molecule has 0 saturated heterocycles. The second kappa shape index (κ2) is 9.11. The fourth-order valence-electron chi connectivity index (χ4n) is 2.90. The summed E-state index contributed by atoms with van der Waals surface area (Å²) in [6.45, 7) is -3.25. The van der Waals surface area contributed by atoms with E-state index in [1.807, 2.05) is 18.2 Å². The molecule has 26 heavy (non-hydrogen) atoms. The Bertz CT molecular complexity index is 799. The van der Waals surface area contributed by atoms with Gasteiger partial charge in [-0.2, -0.15) is 8.78 Å². The van der Waals surface area contributed by atoms with Crippen LogP contribution >= 0.6 is 24.0 Å². The minimum Gasteiger partial charge on any atom is -0.434 e. The van der Waals surface area contributed by atoms with Crippen molar-refractivity contribution < 1.29 is 17.9 Å². The molecule has 1 aliphatic carbocycles. The number of hydrogen-bond donors (Lipinski definition) is 2. The van der Waals surface area contributed by atoms with Crippen molar-refractivity contribution >= 4 is 35.6 Å². The molecule has 0 atom stereocenters. The Morgan fingerprint density at radius 2 is 1.96 bits per heavy atom. The van der Waals surface area contributed by atoms with E-state index in [-0.39, 0.29) is 47.8 Å². The first-order chi connectivity index (χ1) is 12.0. The van der Waals surface area contributed by atoms with Gasteiger partial charge >= 0.3 is 6.61 Å². The minimum absolute atomic E-state index is 0. The van der Waals surface area contributed by atoms with Crippen LogP contribution in [0.2, 0.25) is 0 Å². The van der Waals surface area contributed by atoms with Crippen molar-refractivity contribution in [2.45, 2.75) is 32.4 Å². The van der Waals surface area contributed by atoms with E-state index < -0.39 is 12.4 Å². The van der Waals surface area contributed by atoms with Crippen molar-refractivity contribution in [3.8, 4) is 5.75 Å². The van der Waals surface area contributed by atoms with E-state index in [1.54, 1.807) is 0 Å². The SMILES string of the molecule is I.NC(=NCc1c(F)cccc1OC(F)F)Nc1ccc2c(c1)CCC2. The Balaban J connectivity index is 0.00000243. The number of nitrogens with two attached hydrogens (primary N) is 1. The van der Waals surface area contributed by atoms with E-state index in [9.17, 15) is 13.2 Å². The number of hydrogen-bond acceptors (Lipinski definition) is 2. The molecule has 0 amide bonds. The molecule has 0 fully saturated rings. The number of nitrogens with one attached hydrogen (secondary N) is 1. The maximum atomic E-state index is 13.9. The van der Waals surface area contributed by atoms with Gasteiger partial charge in [-0.25, -0.2) is 9.38 Å². The molecule has 2 aromatic rings. The first kappa shape index (κ1) is 20.3. The van der Waals surface area contributed by atoms with Gasteiger partial charge in [0.2, 0.25) is 0 Å². The third-order valence-electron chi connectivity index (χ3n) is 4.07. The highest BCUT2D eigenvalue weighted by Crippen LogP contribution is 2.26. The van der Waals surface area contributed by atoms with Crippen molar-refractivity contribution in [1.29, 1.82) is 0 Å². The number of aryl methyl sites for hydroxylation is 2. The van der Waals surface area contributed by atoms with Crippen molar-refractivity contribution in [3.63, 3.8) is 0 Å². The van der Waals surface area contributed by atoms with Crippen LogP contribution in [0.1, 0.15) is 23.1 Å². The summed E-state index contributed by atoms with van der Waals surface area (Å²) in [5, 5.41) is 2.94. The predicted molar refractivity (Wildman–Crippen MR) is 106 cm³/mol. The molecule has 4 nitrogen and oxygen atoms in total. The van der Waals surface area contributed by atoms with E-state index in [2.05, 4.69) is 15.0 Å². The molecule has 1 aliphatic rings. The Morgan fingerprint density at radius 1 is 1.19 bits per heavy atom. The number of alkyl halides is 2. The second-order valence-corrected chi connectivity index (χ2v) is 5.76. The van der Waals surface area contributed by atoms with Gasteiger partial charge in [-0.3, -0.25) is 0 Å². The van der Waals surface area contributed by atoms with Gasteiger partial charge in [-0.1, -0.05) is 12.1 Å². The molecular weight excluding hydrogens is 458 g/mol. The van der Waals surface area contributed by atoms with Gasteiger partial charge in [-0.05, 0) is 54.7 Å². The Morgan fingerprint density at radius 3 is 2.73 bits per heavy atom. The van der Waals surface area contributed by atoms with Crippen molar-refractivity contribution in [2.24, 2.45) is 10.7 Å². The predicted octanol–water partition coefficient (Wildman–Crippen LogP) is 4.46. The van der Waals surface area contributed by atoms with E-state index >= 15 is 0 Å². The van der Waals surface area contributed by atoms with E-state index in [0.29, 0.717) is 0 Å². The van der Waals surface area contributed by atoms with Crippen molar-refractivity contribution in [3.05, 3.63) is 58.9 Å². The molecule has 0 aliphatic heterocycles. The summed E-state index contributed by atoms with van der Waals surface area (Å²) in [5.41, 5.74) is 9.16. The molecule has 0 aromatic heterocycles. The van der Waals surface area contributed by atoms with Crippen LogP contribution < -0.4 is 15.8 Å². The smallest absolute Gasteiger partial charge is 0.387 e. The molecule has 3 N–H and O–H groups in total. The fourth-order valence-corrected chi connectivity index (χ4v) is 2.90. The molecule has 8 heteroatoms. The standard InChI is InChI=1S/C18H18F3N3O.HI/c19-15-5-2-6-16(25-17(20)21)14(15)10-23-18(22)24-13-8-7-11-3-1-4-12(11)9-13;/h2,5-9,17H,1,3-4,10H2,(H3,22,23,24);1H. The van der Waals surface area contributed by atoms with Crippen LogP contribution in [0, 0.1) is 5.82 Å². The summed E-state index contributed by atoms with van der Waals surface area (Å²) in [4.78, 5) is 4.03. The van der Waals surface area contributed by atoms with Crippen LogP contribution in [-0.4, -0.2) is 12.6 Å². The van der Waals surface area contributed by atoms with E-state index in [4.69, 9.17) is 5.73 Å². The van der Waals surface area contributed by atoms with Crippen LogP contribution in [-0.2, 0) is 19.4 Å². The van der Waals surface area contributed by atoms with Gasteiger partial charge in [0.1, 0.15) is 11.6 Å². The number of rotatable bonds is 5.